The van der Waals surface area contributed by atoms with Crippen molar-refractivity contribution in [1.82, 2.24) is 10.2 Å². The molecule has 0 radical (unpaired) electrons. The third-order valence-corrected chi connectivity index (χ3v) is 5.40. The van der Waals surface area contributed by atoms with E-state index < -0.39 is 10.8 Å². The highest BCUT2D eigenvalue weighted by Crippen LogP contribution is 2.27. The Morgan fingerprint density at radius 1 is 1.26 bits per heavy atom. The number of rotatable bonds is 7. The lowest BCUT2D eigenvalue weighted by atomic mass is 10.0. The zero-order chi connectivity index (χ0) is 22.2. The van der Waals surface area contributed by atoms with Crippen LogP contribution in [0.1, 0.15) is 18.4 Å². The number of piperidine rings is 1. The van der Waals surface area contributed by atoms with Crippen LogP contribution in [0.3, 0.4) is 0 Å². The molecule has 0 unspecified atom stereocenters. The van der Waals surface area contributed by atoms with Crippen molar-refractivity contribution in [3.05, 3.63) is 81.0 Å². The molecule has 2 N–H and O–H groups in total. The van der Waals surface area contributed by atoms with E-state index in [1.165, 1.54) is 23.9 Å². The van der Waals surface area contributed by atoms with Gasteiger partial charge in [0, 0.05) is 44.0 Å². The maximum Gasteiger partial charge on any atom is 0.271 e. The first-order valence-electron chi connectivity index (χ1n) is 9.84. The molecule has 2 aromatic carbocycles. The van der Waals surface area contributed by atoms with Gasteiger partial charge in [0.1, 0.15) is 11.6 Å². The summed E-state index contributed by atoms with van der Waals surface area (Å²) in [6, 6.07) is 16.0. The number of hydrogen-bond acceptors (Lipinski definition) is 6. The van der Waals surface area contributed by atoms with E-state index in [1.54, 1.807) is 0 Å². The van der Waals surface area contributed by atoms with Gasteiger partial charge < -0.3 is 10.6 Å². The maximum absolute atomic E-state index is 12.4. The molecule has 0 aliphatic carbocycles. The number of nitriles is 1. The Labute approximate surface area is 185 Å². The van der Waals surface area contributed by atoms with Crippen molar-refractivity contribution < 1.29 is 9.72 Å². The number of carbonyl (C=O) groups excluding carboxylic acids is 1. The van der Waals surface area contributed by atoms with E-state index in [4.69, 9.17) is 11.6 Å². The van der Waals surface area contributed by atoms with Crippen LogP contribution < -0.4 is 10.6 Å². The number of nitrogens with one attached hydrogen (secondary N) is 2. The number of nitrogens with zero attached hydrogens (tertiary/aromatic N) is 3. The molecule has 2 aromatic rings. The van der Waals surface area contributed by atoms with Gasteiger partial charge in [0.25, 0.3) is 11.6 Å². The summed E-state index contributed by atoms with van der Waals surface area (Å²) in [6.07, 6.45) is 3.18. The van der Waals surface area contributed by atoms with Gasteiger partial charge in [-0.15, -0.1) is 0 Å². The Morgan fingerprint density at radius 3 is 2.61 bits per heavy atom. The minimum Gasteiger partial charge on any atom is -0.387 e. The molecular weight excluding hydrogens is 418 g/mol. The SMILES string of the molecule is N#C/C(=C/NC1CCN(Cc2ccccc2)CC1)C(=O)Nc1cc([N+](=O)[O-])ccc1Cl. The predicted octanol–water partition coefficient (Wildman–Crippen LogP) is 3.85. The van der Waals surface area contributed by atoms with Gasteiger partial charge in [0.15, 0.2) is 0 Å². The first kappa shape index (κ1) is 22.3. The molecule has 0 bridgehead atoms. The van der Waals surface area contributed by atoms with Crippen LogP contribution in [-0.2, 0) is 11.3 Å². The van der Waals surface area contributed by atoms with Crippen molar-refractivity contribution in [2.24, 2.45) is 0 Å². The van der Waals surface area contributed by atoms with Gasteiger partial charge in [0.2, 0.25) is 0 Å². The van der Waals surface area contributed by atoms with Gasteiger partial charge in [-0.3, -0.25) is 19.8 Å². The van der Waals surface area contributed by atoms with E-state index in [2.05, 4.69) is 27.7 Å². The number of nitro benzene ring substituents is 1. The molecule has 1 saturated heterocycles. The highest BCUT2D eigenvalue weighted by atomic mass is 35.5. The van der Waals surface area contributed by atoms with Crippen LogP contribution >= 0.6 is 11.6 Å². The fraction of sp³-hybridized carbons (Fsp3) is 0.273. The number of likely N-dealkylation sites (tertiary alicyclic amines) is 1. The Balaban J connectivity index is 1.54. The van der Waals surface area contributed by atoms with Crippen LogP contribution in [0, 0.1) is 21.4 Å². The number of halogens is 1. The minimum absolute atomic E-state index is 0.0798. The van der Waals surface area contributed by atoms with E-state index in [0.29, 0.717) is 0 Å². The number of amides is 1. The summed E-state index contributed by atoms with van der Waals surface area (Å²) in [5, 5.41) is 26.0. The molecule has 0 saturated carbocycles. The topological polar surface area (TPSA) is 111 Å². The normalized spacial score (nSPS) is 15.2. The molecule has 3 rings (SSSR count). The van der Waals surface area contributed by atoms with Crippen LogP contribution in [0.25, 0.3) is 0 Å². The average Bonchev–Trinajstić information content (AvgIpc) is 2.77. The Hall–Kier alpha value is -3.41. The Kier molecular flexibility index (Phi) is 7.60. The van der Waals surface area contributed by atoms with Gasteiger partial charge in [0.05, 0.1) is 15.6 Å². The summed E-state index contributed by atoms with van der Waals surface area (Å²) < 4.78 is 0. The van der Waals surface area contributed by atoms with Crippen molar-refractivity contribution in [1.29, 1.82) is 5.26 Å². The summed E-state index contributed by atoms with van der Waals surface area (Å²) in [5.41, 5.74) is 1.02. The van der Waals surface area contributed by atoms with Gasteiger partial charge in [-0.25, -0.2) is 0 Å². The number of non-ortho nitro benzene ring substituents is 1. The molecule has 9 heteroatoms. The fourth-order valence-corrected chi connectivity index (χ4v) is 3.53. The number of carbonyl (C=O) groups is 1. The molecular formula is C22H22ClN5O3. The van der Waals surface area contributed by atoms with Gasteiger partial charge in [-0.05, 0) is 24.5 Å². The third kappa shape index (κ3) is 6.28. The van der Waals surface area contributed by atoms with Gasteiger partial charge in [-0.2, -0.15) is 5.26 Å². The highest BCUT2D eigenvalue weighted by Gasteiger charge is 2.19. The second kappa shape index (κ2) is 10.6. The summed E-state index contributed by atoms with van der Waals surface area (Å²) >= 11 is 6.00. The van der Waals surface area contributed by atoms with Gasteiger partial charge >= 0.3 is 0 Å². The monoisotopic (exact) mass is 439 g/mol. The summed E-state index contributed by atoms with van der Waals surface area (Å²) in [6.45, 7) is 2.73. The van der Waals surface area contributed by atoms with Crippen LogP contribution in [0.2, 0.25) is 5.02 Å². The minimum atomic E-state index is -0.682. The molecule has 0 spiro atoms. The summed E-state index contributed by atoms with van der Waals surface area (Å²) in [5.74, 6) is -0.682. The number of hydrogen-bond donors (Lipinski definition) is 2. The lowest BCUT2D eigenvalue weighted by Crippen LogP contribution is -2.40. The van der Waals surface area contributed by atoms with Crippen LogP contribution in [-0.4, -0.2) is 34.9 Å². The van der Waals surface area contributed by atoms with Crippen molar-refractivity contribution in [2.75, 3.05) is 18.4 Å². The smallest absolute Gasteiger partial charge is 0.271 e. The van der Waals surface area contributed by atoms with Gasteiger partial charge in [-0.1, -0.05) is 41.9 Å². The fourth-order valence-electron chi connectivity index (χ4n) is 3.36. The molecule has 8 nitrogen and oxygen atoms in total. The summed E-state index contributed by atoms with van der Waals surface area (Å²) in [4.78, 5) is 25.1. The Morgan fingerprint density at radius 2 is 1.97 bits per heavy atom. The quantitative estimate of drug-likeness (QED) is 0.293. The van der Waals surface area contributed by atoms with Crippen molar-refractivity contribution in [3.8, 4) is 6.07 Å². The van der Waals surface area contributed by atoms with Crippen molar-refractivity contribution in [2.45, 2.75) is 25.4 Å². The zero-order valence-electron chi connectivity index (χ0n) is 16.8. The largest absolute Gasteiger partial charge is 0.387 e. The van der Waals surface area contributed by atoms with E-state index in [0.717, 1.165) is 38.5 Å². The average molecular weight is 440 g/mol. The first-order valence-corrected chi connectivity index (χ1v) is 10.2. The molecule has 0 atom stereocenters. The second-order valence-electron chi connectivity index (χ2n) is 7.25. The zero-order valence-corrected chi connectivity index (χ0v) is 17.5. The molecule has 1 aliphatic rings. The Bertz CT molecular complexity index is 1010. The number of nitro groups is 1. The van der Waals surface area contributed by atoms with E-state index in [9.17, 15) is 20.2 Å². The van der Waals surface area contributed by atoms with Crippen molar-refractivity contribution in [3.63, 3.8) is 0 Å². The molecule has 160 valence electrons. The lowest BCUT2D eigenvalue weighted by Gasteiger charge is -2.32. The number of benzene rings is 2. The van der Waals surface area contributed by atoms with E-state index in [1.807, 2.05) is 24.3 Å². The van der Waals surface area contributed by atoms with Crippen molar-refractivity contribution >= 4 is 28.9 Å². The second-order valence-corrected chi connectivity index (χ2v) is 7.66. The van der Waals surface area contributed by atoms with Crippen LogP contribution in [0.4, 0.5) is 11.4 Å². The molecule has 1 aliphatic heterocycles. The lowest BCUT2D eigenvalue weighted by molar-refractivity contribution is -0.384. The van der Waals surface area contributed by atoms with Crippen LogP contribution in [0.5, 0.6) is 0 Å². The van der Waals surface area contributed by atoms with E-state index >= 15 is 0 Å². The molecule has 31 heavy (non-hydrogen) atoms. The first-order chi connectivity index (χ1) is 15.0. The predicted molar refractivity (Wildman–Crippen MR) is 118 cm³/mol. The molecule has 1 heterocycles. The molecule has 1 fully saturated rings. The number of anilines is 1. The molecule has 0 aromatic heterocycles. The highest BCUT2D eigenvalue weighted by molar-refractivity contribution is 6.34. The van der Waals surface area contributed by atoms with E-state index in [-0.39, 0.29) is 28.0 Å². The third-order valence-electron chi connectivity index (χ3n) is 5.07. The summed E-state index contributed by atoms with van der Waals surface area (Å²) in [7, 11) is 0. The molecule has 1 amide bonds. The standard InChI is InChI=1S/C22H22ClN5O3/c23-20-7-6-19(28(30)31)12-21(20)26-22(29)17(13-24)14-25-18-8-10-27(11-9-18)15-16-4-2-1-3-5-16/h1-7,12,14,18,25H,8-11,15H2,(H,26,29)/b17-14-. The maximum atomic E-state index is 12.4. The van der Waals surface area contributed by atoms with Crippen LogP contribution in [0.15, 0.2) is 60.3 Å².